The maximum Gasteiger partial charge on any atom is 0.335 e. The number of rotatable bonds is 4. The summed E-state index contributed by atoms with van der Waals surface area (Å²) >= 11 is 0. The van der Waals surface area contributed by atoms with E-state index in [0.717, 1.165) is 52.5 Å². The van der Waals surface area contributed by atoms with Gasteiger partial charge in [0.05, 0.1) is 11.8 Å². The standard InChI is InChI=1S/C30H30N4O4/c1-18(2)34-27-23(17-31-34)15-30(16-26(27)35)9-11-33(12-10-30)28(36)25-14-22-13-21(7-8-24(22)32-25)19-3-5-20(6-4-19)29(37)38/h3-8,13-14,17-18,32H,9-12,15-16H2,1-2H3,(H,37,38). The SMILES string of the molecule is CC(C)n1ncc2c1C(=O)CC1(CCN(C(=O)c3cc4cc(-c5ccc(C(=O)O)cc5)ccc4[nH]3)CC1)C2. The Labute approximate surface area is 220 Å². The van der Waals surface area contributed by atoms with Crippen LogP contribution >= 0.6 is 0 Å². The van der Waals surface area contributed by atoms with Crippen molar-refractivity contribution in [3.8, 4) is 11.1 Å². The quantitative estimate of drug-likeness (QED) is 0.384. The number of fused-ring (bicyclic) bond motifs is 2. The minimum Gasteiger partial charge on any atom is -0.478 e. The fourth-order valence-corrected chi connectivity index (χ4v) is 6.06. The van der Waals surface area contributed by atoms with Crippen molar-refractivity contribution < 1.29 is 19.5 Å². The van der Waals surface area contributed by atoms with Crippen molar-refractivity contribution >= 4 is 28.6 Å². The molecule has 2 N–H and O–H groups in total. The van der Waals surface area contributed by atoms with Gasteiger partial charge in [-0.25, -0.2) is 4.79 Å². The van der Waals surface area contributed by atoms with E-state index in [1.165, 1.54) is 0 Å². The summed E-state index contributed by atoms with van der Waals surface area (Å²) in [5, 5.41) is 14.5. The van der Waals surface area contributed by atoms with Gasteiger partial charge in [-0.1, -0.05) is 18.2 Å². The maximum atomic E-state index is 13.4. The first-order chi connectivity index (χ1) is 18.2. The number of piperidine rings is 1. The molecule has 194 valence electrons. The number of aromatic nitrogens is 3. The Morgan fingerprint density at radius 1 is 1.00 bits per heavy atom. The highest BCUT2D eigenvalue weighted by Gasteiger charge is 2.43. The van der Waals surface area contributed by atoms with Crippen molar-refractivity contribution in [2.24, 2.45) is 5.41 Å². The third-order valence-corrected chi connectivity index (χ3v) is 8.15. The number of H-pyrrole nitrogens is 1. The third kappa shape index (κ3) is 4.10. The van der Waals surface area contributed by atoms with E-state index in [1.807, 2.05) is 53.9 Å². The molecule has 1 amide bonds. The van der Waals surface area contributed by atoms with Crippen molar-refractivity contribution in [2.45, 2.75) is 45.6 Å². The van der Waals surface area contributed by atoms with Crippen LogP contribution in [0.25, 0.3) is 22.0 Å². The summed E-state index contributed by atoms with van der Waals surface area (Å²) in [6.45, 7) is 5.32. The van der Waals surface area contributed by atoms with Crippen LogP contribution in [0.15, 0.2) is 54.7 Å². The maximum absolute atomic E-state index is 13.4. The number of aromatic amines is 1. The van der Waals surface area contributed by atoms with Crippen LogP contribution in [0.1, 0.15) is 76.1 Å². The molecule has 4 aromatic rings. The summed E-state index contributed by atoms with van der Waals surface area (Å²) in [5.41, 5.74) is 5.24. The van der Waals surface area contributed by atoms with E-state index in [2.05, 4.69) is 10.1 Å². The molecule has 1 saturated heterocycles. The number of carboxylic acid groups (broad SMARTS) is 1. The molecule has 2 aliphatic rings. The summed E-state index contributed by atoms with van der Waals surface area (Å²) in [7, 11) is 0. The predicted octanol–water partition coefficient (Wildman–Crippen LogP) is 5.36. The van der Waals surface area contributed by atoms with Crippen molar-refractivity contribution in [3.05, 3.63) is 77.2 Å². The van der Waals surface area contributed by atoms with Gasteiger partial charge in [0.15, 0.2) is 5.78 Å². The molecule has 6 rings (SSSR count). The van der Waals surface area contributed by atoms with Crippen molar-refractivity contribution in [1.29, 1.82) is 0 Å². The number of hydrogen-bond donors (Lipinski definition) is 2. The molecule has 1 fully saturated rings. The molecule has 1 aliphatic carbocycles. The van der Waals surface area contributed by atoms with Gasteiger partial charge in [0.25, 0.3) is 5.91 Å². The highest BCUT2D eigenvalue weighted by Crippen LogP contribution is 2.44. The Balaban J connectivity index is 1.16. The van der Waals surface area contributed by atoms with Gasteiger partial charge in [-0.05, 0) is 80.0 Å². The molecule has 0 radical (unpaired) electrons. The van der Waals surface area contributed by atoms with Gasteiger partial charge in [0.2, 0.25) is 0 Å². The number of nitrogens with zero attached hydrogens (tertiary/aromatic N) is 3. The van der Waals surface area contributed by atoms with Gasteiger partial charge in [-0.2, -0.15) is 5.10 Å². The van der Waals surface area contributed by atoms with E-state index in [0.29, 0.717) is 25.2 Å². The minimum atomic E-state index is -0.952. The zero-order valence-corrected chi connectivity index (χ0v) is 21.5. The number of carbonyl (C=O) groups excluding carboxylic acids is 2. The first kappa shape index (κ1) is 24.2. The minimum absolute atomic E-state index is 0.0288. The second-order valence-corrected chi connectivity index (χ2v) is 11.0. The second-order valence-electron chi connectivity index (χ2n) is 11.0. The lowest BCUT2D eigenvalue weighted by Crippen LogP contribution is -2.46. The molecule has 8 heteroatoms. The van der Waals surface area contributed by atoms with Gasteiger partial charge in [0.1, 0.15) is 11.4 Å². The lowest BCUT2D eigenvalue weighted by Gasteiger charge is -2.43. The average Bonchev–Trinajstić information content (AvgIpc) is 3.53. The number of carbonyl (C=O) groups is 3. The monoisotopic (exact) mass is 510 g/mol. The van der Waals surface area contributed by atoms with Crippen LogP contribution in [0.3, 0.4) is 0 Å². The molecular formula is C30H30N4O4. The van der Waals surface area contributed by atoms with E-state index < -0.39 is 5.97 Å². The number of carboxylic acids is 1. The zero-order valence-electron chi connectivity index (χ0n) is 21.5. The van der Waals surface area contributed by atoms with Crippen LogP contribution in [0.5, 0.6) is 0 Å². The summed E-state index contributed by atoms with van der Waals surface area (Å²) in [4.78, 5) is 42.8. The summed E-state index contributed by atoms with van der Waals surface area (Å²) in [6.07, 6.45) is 4.81. The number of ketones is 1. The van der Waals surface area contributed by atoms with Crippen LogP contribution in [0, 0.1) is 5.41 Å². The fraction of sp³-hybridized carbons (Fsp3) is 0.333. The molecule has 3 heterocycles. The van der Waals surface area contributed by atoms with Gasteiger partial charge < -0.3 is 15.0 Å². The highest BCUT2D eigenvalue weighted by molar-refractivity contribution is 5.99. The van der Waals surface area contributed by atoms with E-state index in [4.69, 9.17) is 5.11 Å². The van der Waals surface area contributed by atoms with Gasteiger partial charge >= 0.3 is 5.97 Å². The molecule has 0 bridgehead atoms. The molecule has 1 aliphatic heterocycles. The largest absolute Gasteiger partial charge is 0.478 e. The summed E-state index contributed by atoms with van der Waals surface area (Å²) < 4.78 is 1.84. The average molecular weight is 511 g/mol. The third-order valence-electron chi connectivity index (χ3n) is 8.15. The molecule has 0 saturated carbocycles. The number of Topliss-reactive ketones (excluding diaryl/α,β-unsaturated/α-hetero) is 1. The van der Waals surface area contributed by atoms with Gasteiger partial charge in [-0.3, -0.25) is 14.3 Å². The molecule has 8 nitrogen and oxygen atoms in total. The summed E-state index contributed by atoms with van der Waals surface area (Å²) in [5.74, 6) is -0.813. The number of likely N-dealkylation sites (tertiary alicyclic amines) is 1. The van der Waals surface area contributed by atoms with Crippen LogP contribution < -0.4 is 0 Å². The second kappa shape index (κ2) is 8.97. The van der Waals surface area contributed by atoms with Crippen LogP contribution in [0.4, 0.5) is 0 Å². The first-order valence-electron chi connectivity index (χ1n) is 13.1. The molecule has 38 heavy (non-hydrogen) atoms. The van der Waals surface area contributed by atoms with Crippen molar-refractivity contribution in [2.75, 3.05) is 13.1 Å². The molecule has 2 aromatic carbocycles. The number of aromatic carboxylic acids is 1. The van der Waals surface area contributed by atoms with Gasteiger partial charge in [0, 0.05) is 42.0 Å². The Bertz CT molecular complexity index is 1570. The van der Waals surface area contributed by atoms with Crippen LogP contribution in [-0.4, -0.2) is 55.5 Å². The Morgan fingerprint density at radius 2 is 1.71 bits per heavy atom. The molecule has 0 atom stereocenters. The number of benzene rings is 2. The van der Waals surface area contributed by atoms with Crippen LogP contribution in [0.2, 0.25) is 0 Å². The smallest absolute Gasteiger partial charge is 0.335 e. The Hall–Kier alpha value is -4.20. The number of nitrogens with one attached hydrogen (secondary N) is 1. The highest BCUT2D eigenvalue weighted by atomic mass is 16.4. The van der Waals surface area contributed by atoms with Gasteiger partial charge in [-0.15, -0.1) is 0 Å². The lowest BCUT2D eigenvalue weighted by atomic mass is 9.67. The molecule has 2 aromatic heterocycles. The predicted molar refractivity (Wildman–Crippen MR) is 144 cm³/mol. The molecular weight excluding hydrogens is 480 g/mol. The van der Waals surface area contributed by atoms with E-state index in [1.54, 1.807) is 24.3 Å². The first-order valence-corrected chi connectivity index (χ1v) is 13.1. The molecule has 0 unspecified atom stereocenters. The number of amides is 1. The van der Waals surface area contributed by atoms with E-state index >= 15 is 0 Å². The molecule has 1 spiro atoms. The van der Waals surface area contributed by atoms with Crippen molar-refractivity contribution in [1.82, 2.24) is 19.7 Å². The van der Waals surface area contributed by atoms with E-state index in [9.17, 15) is 14.4 Å². The normalized spacial score (nSPS) is 16.8. The topological polar surface area (TPSA) is 108 Å². The number of hydrogen-bond acceptors (Lipinski definition) is 4. The van der Waals surface area contributed by atoms with Crippen molar-refractivity contribution in [3.63, 3.8) is 0 Å². The zero-order chi connectivity index (χ0) is 26.6. The lowest BCUT2D eigenvalue weighted by molar-refractivity contribution is 0.0513. The fourth-order valence-electron chi connectivity index (χ4n) is 6.06. The van der Waals surface area contributed by atoms with Crippen LogP contribution in [-0.2, 0) is 6.42 Å². The van der Waals surface area contributed by atoms with E-state index in [-0.39, 0.29) is 28.7 Å². The Morgan fingerprint density at radius 3 is 2.39 bits per heavy atom. The summed E-state index contributed by atoms with van der Waals surface area (Å²) in [6, 6.07) is 14.7. The Kier molecular flexibility index (Phi) is 5.70.